The van der Waals surface area contributed by atoms with Crippen LogP contribution in [0.4, 0.5) is 0 Å². The molecule has 158 valence electrons. The Kier molecular flexibility index (Phi) is 4.62. The van der Waals surface area contributed by atoms with Gasteiger partial charge in [0.05, 0.1) is 37.0 Å². The molecule has 5 nitrogen and oxygen atoms in total. The molecule has 0 bridgehead atoms. The molecule has 1 aliphatic heterocycles. The first-order valence-corrected chi connectivity index (χ1v) is 10.7. The topological polar surface area (TPSA) is 45.4 Å². The Morgan fingerprint density at radius 1 is 1.06 bits per heavy atom. The molecule has 0 aliphatic carbocycles. The van der Waals surface area contributed by atoms with E-state index in [1.54, 1.807) is 7.11 Å². The highest BCUT2D eigenvalue weighted by atomic mass is 16.5. The van der Waals surface area contributed by atoms with Crippen molar-refractivity contribution < 1.29 is 14.3 Å². The van der Waals surface area contributed by atoms with Crippen LogP contribution in [0.2, 0.25) is 0 Å². The van der Waals surface area contributed by atoms with Gasteiger partial charge in [0, 0.05) is 35.0 Å². The van der Waals surface area contributed by atoms with E-state index in [9.17, 15) is 4.79 Å². The van der Waals surface area contributed by atoms with Gasteiger partial charge in [0.15, 0.2) is 0 Å². The fourth-order valence-electron chi connectivity index (χ4n) is 4.93. The molecule has 0 N–H and O–H groups in total. The van der Waals surface area contributed by atoms with Gasteiger partial charge in [-0.05, 0) is 50.1 Å². The van der Waals surface area contributed by atoms with E-state index in [2.05, 4.69) is 53.3 Å². The van der Waals surface area contributed by atoms with E-state index in [4.69, 9.17) is 9.47 Å². The van der Waals surface area contributed by atoms with Crippen molar-refractivity contribution in [2.45, 2.75) is 33.7 Å². The molecule has 0 fully saturated rings. The molecule has 0 radical (unpaired) electrons. The van der Waals surface area contributed by atoms with Gasteiger partial charge < -0.3 is 18.6 Å². The Balaban J connectivity index is 1.75. The van der Waals surface area contributed by atoms with E-state index in [0.717, 1.165) is 22.7 Å². The Morgan fingerprint density at radius 2 is 1.87 bits per heavy atom. The lowest BCUT2D eigenvalue weighted by Crippen LogP contribution is -2.18. The second-order valence-corrected chi connectivity index (χ2v) is 8.04. The van der Waals surface area contributed by atoms with E-state index < -0.39 is 0 Å². The lowest BCUT2D eigenvalue weighted by atomic mass is 10.00. The summed E-state index contributed by atoms with van der Waals surface area (Å²) < 4.78 is 15.5. The Morgan fingerprint density at radius 3 is 2.65 bits per heavy atom. The molecule has 2 aromatic heterocycles. The number of benzene rings is 2. The summed E-state index contributed by atoms with van der Waals surface area (Å²) in [4.78, 5) is 12.5. The van der Waals surface area contributed by atoms with Crippen molar-refractivity contribution in [1.29, 1.82) is 0 Å². The predicted molar refractivity (Wildman–Crippen MR) is 122 cm³/mol. The third kappa shape index (κ3) is 2.87. The minimum Gasteiger partial charge on any atom is -0.496 e. The van der Waals surface area contributed by atoms with Crippen LogP contribution in [0.3, 0.4) is 0 Å². The number of aromatic nitrogens is 2. The molecule has 2 aromatic carbocycles. The molecule has 0 saturated carbocycles. The summed E-state index contributed by atoms with van der Waals surface area (Å²) in [5, 5.41) is 1.22. The monoisotopic (exact) mass is 414 g/mol. The molecule has 4 aromatic rings. The number of hydrogen-bond donors (Lipinski definition) is 0. The highest BCUT2D eigenvalue weighted by Gasteiger charge is 2.28. The quantitative estimate of drug-likeness (QED) is 0.380. The van der Waals surface area contributed by atoms with E-state index in [-0.39, 0.29) is 5.97 Å². The van der Waals surface area contributed by atoms with Gasteiger partial charge in [-0.15, -0.1) is 0 Å². The van der Waals surface area contributed by atoms with Crippen molar-refractivity contribution in [2.24, 2.45) is 0 Å². The summed E-state index contributed by atoms with van der Waals surface area (Å²) in [7, 11) is 1.72. The van der Waals surface area contributed by atoms with Gasteiger partial charge in [0.1, 0.15) is 5.75 Å². The molecule has 0 unspecified atom stereocenters. The first-order valence-electron chi connectivity index (χ1n) is 10.7. The third-order valence-electron chi connectivity index (χ3n) is 6.35. The zero-order chi connectivity index (χ0) is 21.7. The SMILES string of the molecule is CCOC(=O)c1ccn2c1Cc1c(n(-c3c(C)ccc(OC)c3C)c3ccccc13)C2. The van der Waals surface area contributed by atoms with E-state index in [1.807, 2.05) is 25.3 Å². The molecule has 3 heterocycles. The van der Waals surface area contributed by atoms with Crippen molar-refractivity contribution >= 4 is 16.9 Å². The van der Waals surface area contributed by atoms with Gasteiger partial charge in [-0.3, -0.25) is 0 Å². The van der Waals surface area contributed by atoms with Gasteiger partial charge in [-0.1, -0.05) is 24.3 Å². The van der Waals surface area contributed by atoms with Crippen LogP contribution in [0.1, 0.15) is 45.4 Å². The lowest BCUT2D eigenvalue weighted by molar-refractivity contribution is 0.0525. The summed E-state index contributed by atoms with van der Waals surface area (Å²) >= 11 is 0. The standard InChI is InChI=1S/C26H26N2O3/c1-5-31-26(29)19-12-13-27-15-23-20(14-22(19)27)18-8-6-7-9-21(18)28(23)25-16(2)10-11-24(30-4)17(25)3/h6-13H,5,14-15H2,1-4H3. The third-order valence-corrected chi connectivity index (χ3v) is 6.35. The smallest absolute Gasteiger partial charge is 0.339 e. The fraction of sp³-hybridized carbons (Fsp3) is 0.269. The van der Waals surface area contributed by atoms with Gasteiger partial charge in [-0.2, -0.15) is 0 Å². The number of fused-ring (bicyclic) bond motifs is 4. The second-order valence-electron chi connectivity index (χ2n) is 8.04. The van der Waals surface area contributed by atoms with Crippen molar-refractivity contribution in [2.75, 3.05) is 13.7 Å². The number of esters is 1. The van der Waals surface area contributed by atoms with Crippen molar-refractivity contribution in [1.82, 2.24) is 9.13 Å². The van der Waals surface area contributed by atoms with E-state index >= 15 is 0 Å². The molecule has 1 aliphatic rings. The Labute approximate surface area is 181 Å². The summed E-state index contributed by atoms with van der Waals surface area (Å²) in [6.07, 6.45) is 2.70. The largest absolute Gasteiger partial charge is 0.496 e. The van der Waals surface area contributed by atoms with Gasteiger partial charge in [0.25, 0.3) is 0 Å². The summed E-state index contributed by atoms with van der Waals surface area (Å²) in [6.45, 7) is 7.18. The Hall–Kier alpha value is -3.47. The van der Waals surface area contributed by atoms with Crippen LogP contribution in [0.15, 0.2) is 48.7 Å². The van der Waals surface area contributed by atoms with Crippen LogP contribution < -0.4 is 4.74 Å². The number of rotatable bonds is 4. The second kappa shape index (κ2) is 7.34. The first kappa shape index (κ1) is 19.5. The normalized spacial score (nSPS) is 12.5. The average Bonchev–Trinajstić information content (AvgIpc) is 3.32. The molecule has 0 amide bonds. The van der Waals surface area contributed by atoms with E-state index in [1.165, 1.54) is 27.7 Å². The fourth-order valence-corrected chi connectivity index (χ4v) is 4.93. The van der Waals surface area contributed by atoms with Crippen molar-refractivity contribution in [3.8, 4) is 11.4 Å². The van der Waals surface area contributed by atoms with Crippen LogP contribution in [-0.2, 0) is 17.7 Å². The maximum absolute atomic E-state index is 12.5. The molecule has 5 rings (SSSR count). The summed E-state index contributed by atoms with van der Waals surface area (Å²) in [5.74, 6) is 0.636. The van der Waals surface area contributed by atoms with Gasteiger partial charge in [0.2, 0.25) is 0 Å². The van der Waals surface area contributed by atoms with Gasteiger partial charge >= 0.3 is 5.97 Å². The maximum atomic E-state index is 12.5. The van der Waals surface area contributed by atoms with Crippen LogP contribution in [-0.4, -0.2) is 28.8 Å². The molecule has 0 atom stereocenters. The number of carbonyl (C=O) groups excluding carboxylic acids is 1. The van der Waals surface area contributed by atoms with Crippen LogP contribution >= 0.6 is 0 Å². The molecule has 0 spiro atoms. The van der Waals surface area contributed by atoms with Crippen molar-refractivity contribution in [3.63, 3.8) is 0 Å². The molecule has 31 heavy (non-hydrogen) atoms. The van der Waals surface area contributed by atoms with Crippen LogP contribution in [0.5, 0.6) is 5.75 Å². The predicted octanol–water partition coefficient (Wildman–Crippen LogP) is 5.19. The Bertz CT molecular complexity index is 1330. The number of nitrogens with zero attached hydrogens (tertiary/aromatic N) is 2. The molecular weight excluding hydrogens is 388 g/mol. The number of carbonyl (C=O) groups is 1. The highest BCUT2D eigenvalue weighted by Crippen LogP contribution is 2.39. The number of aryl methyl sites for hydroxylation is 1. The zero-order valence-corrected chi connectivity index (χ0v) is 18.4. The number of ether oxygens (including phenoxy) is 2. The number of hydrogen-bond acceptors (Lipinski definition) is 3. The van der Waals surface area contributed by atoms with Crippen molar-refractivity contribution in [3.05, 3.63) is 82.3 Å². The maximum Gasteiger partial charge on any atom is 0.339 e. The minimum absolute atomic E-state index is 0.247. The lowest BCUT2D eigenvalue weighted by Gasteiger charge is -2.23. The zero-order valence-electron chi connectivity index (χ0n) is 18.4. The summed E-state index contributed by atoms with van der Waals surface area (Å²) in [6, 6.07) is 14.5. The summed E-state index contributed by atoms with van der Waals surface area (Å²) in [5.41, 5.74) is 8.87. The minimum atomic E-state index is -0.247. The van der Waals surface area contributed by atoms with Crippen LogP contribution in [0, 0.1) is 13.8 Å². The number of para-hydroxylation sites is 1. The van der Waals surface area contributed by atoms with Crippen LogP contribution in [0.25, 0.3) is 16.6 Å². The van der Waals surface area contributed by atoms with E-state index in [0.29, 0.717) is 25.1 Å². The average molecular weight is 415 g/mol. The first-order chi connectivity index (χ1) is 15.0. The molecular formula is C26H26N2O3. The van der Waals surface area contributed by atoms with Gasteiger partial charge in [-0.25, -0.2) is 4.79 Å². The highest BCUT2D eigenvalue weighted by molar-refractivity contribution is 5.93. The molecule has 5 heteroatoms. The molecule has 0 saturated heterocycles. The number of methoxy groups -OCH3 is 1.